The van der Waals surface area contributed by atoms with Gasteiger partial charge in [0.05, 0.1) is 0 Å². The highest BCUT2D eigenvalue weighted by molar-refractivity contribution is 5.30. The van der Waals surface area contributed by atoms with E-state index in [-0.39, 0.29) is 0 Å². The summed E-state index contributed by atoms with van der Waals surface area (Å²) in [5.41, 5.74) is 0. The minimum absolute atomic E-state index is 0.564. The number of nitrogens with one attached hydrogen (secondary N) is 1. The Balaban J connectivity index is 2.13. The molecular weight excluding hydrogens is 186 g/mol. The van der Waals surface area contributed by atoms with Gasteiger partial charge in [0.1, 0.15) is 0 Å². The quantitative estimate of drug-likeness (QED) is 0.804. The average Bonchev–Trinajstić information content (AvgIpc) is 2.88. The second-order valence-corrected chi connectivity index (χ2v) is 4.80. The molecule has 1 heterocycles. The highest BCUT2D eigenvalue weighted by atomic mass is 15.2. The van der Waals surface area contributed by atoms with Gasteiger partial charge in [-0.15, -0.1) is 0 Å². The van der Waals surface area contributed by atoms with E-state index in [0.717, 1.165) is 12.4 Å². The lowest BCUT2D eigenvalue weighted by Crippen LogP contribution is -2.17. The molecule has 15 heavy (non-hydrogen) atoms. The van der Waals surface area contributed by atoms with E-state index in [2.05, 4.69) is 41.8 Å². The van der Waals surface area contributed by atoms with Crippen molar-refractivity contribution in [1.82, 2.24) is 9.55 Å². The van der Waals surface area contributed by atoms with E-state index in [4.69, 9.17) is 0 Å². The van der Waals surface area contributed by atoms with Gasteiger partial charge < -0.3 is 9.88 Å². The lowest BCUT2D eigenvalue weighted by molar-refractivity contribution is 0.369. The van der Waals surface area contributed by atoms with Crippen molar-refractivity contribution < 1.29 is 0 Å². The lowest BCUT2D eigenvalue weighted by Gasteiger charge is -2.23. The molecule has 0 amide bonds. The first-order chi connectivity index (χ1) is 7.22. The van der Waals surface area contributed by atoms with Crippen molar-refractivity contribution in [3.63, 3.8) is 0 Å². The number of imidazole rings is 1. The van der Waals surface area contributed by atoms with Crippen LogP contribution in [0.15, 0.2) is 12.4 Å². The number of hydrogen-bond acceptors (Lipinski definition) is 2. The molecule has 0 saturated heterocycles. The van der Waals surface area contributed by atoms with Crippen LogP contribution in [0.1, 0.15) is 46.1 Å². The second-order valence-electron chi connectivity index (χ2n) is 4.80. The van der Waals surface area contributed by atoms with E-state index >= 15 is 0 Å². The highest BCUT2D eigenvalue weighted by Crippen LogP contribution is 2.28. The van der Waals surface area contributed by atoms with Crippen molar-refractivity contribution in [3.8, 4) is 0 Å². The zero-order chi connectivity index (χ0) is 10.8. The predicted octanol–water partition coefficient (Wildman–Crippen LogP) is 3.06. The fourth-order valence-electron chi connectivity index (χ4n) is 2.09. The van der Waals surface area contributed by atoms with Crippen LogP contribution in [0.2, 0.25) is 0 Å². The molecule has 1 aromatic rings. The van der Waals surface area contributed by atoms with Crippen LogP contribution < -0.4 is 5.32 Å². The molecule has 1 unspecified atom stereocenters. The van der Waals surface area contributed by atoms with Gasteiger partial charge in [0.25, 0.3) is 0 Å². The van der Waals surface area contributed by atoms with Crippen LogP contribution in [0.4, 0.5) is 5.95 Å². The fraction of sp³-hybridized carbons (Fsp3) is 0.750. The first kappa shape index (κ1) is 10.5. The molecule has 0 spiro atoms. The number of anilines is 1. The monoisotopic (exact) mass is 207 g/mol. The highest BCUT2D eigenvalue weighted by Gasteiger charge is 2.24. The molecule has 0 aromatic carbocycles. The summed E-state index contributed by atoms with van der Waals surface area (Å²) in [5, 5.41) is 3.49. The van der Waals surface area contributed by atoms with Crippen molar-refractivity contribution >= 4 is 5.95 Å². The lowest BCUT2D eigenvalue weighted by atomic mass is 10.0. The van der Waals surface area contributed by atoms with E-state index in [0.29, 0.717) is 18.0 Å². The molecule has 1 aliphatic rings. The van der Waals surface area contributed by atoms with Crippen molar-refractivity contribution in [2.75, 3.05) is 5.32 Å². The normalized spacial score (nSPS) is 18.1. The molecule has 1 fully saturated rings. The van der Waals surface area contributed by atoms with Gasteiger partial charge in [0.2, 0.25) is 5.95 Å². The summed E-state index contributed by atoms with van der Waals surface area (Å²) < 4.78 is 2.29. The Bertz CT molecular complexity index is 312. The minimum Gasteiger partial charge on any atom is -0.353 e. The molecule has 1 aromatic heterocycles. The standard InChI is InChI=1S/C12H21N3/c1-4-11(9(2)3)15-8-7-13-12(15)14-10-5-6-10/h7-11H,4-6H2,1-3H3,(H,13,14). The third-order valence-corrected chi connectivity index (χ3v) is 3.12. The van der Waals surface area contributed by atoms with E-state index in [9.17, 15) is 0 Å². The van der Waals surface area contributed by atoms with E-state index in [1.54, 1.807) is 0 Å². The van der Waals surface area contributed by atoms with E-state index in [1.165, 1.54) is 12.8 Å². The third kappa shape index (κ3) is 2.33. The summed E-state index contributed by atoms with van der Waals surface area (Å²) in [5.74, 6) is 1.71. The molecule has 3 heteroatoms. The minimum atomic E-state index is 0.564. The summed E-state index contributed by atoms with van der Waals surface area (Å²) in [6.45, 7) is 6.79. The third-order valence-electron chi connectivity index (χ3n) is 3.12. The maximum Gasteiger partial charge on any atom is 0.203 e. The van der Waals surface area contributed by atoms with Crippen molar-refractivity contribution in [2.24, 2.45) is 5.92 Å². The van der Waals surface area contributed by atoms with Gasteiger partial charge in [0.15, 0.2) is 0 Å². The van der Waals surface area contributed by atoms with Crippen molar-refractivity contribution in [2.45, 2.75) is 52.1 Å². The molecule has 2 rings (SSSR count). The van der Waals surface area contributed by atoms with Gasteiger partial charge >= 0.3 is 0 Å². The topological polar surface area (TPSA) is 29.9 Å². The molecule has 0 radical (unpaired) electrons. The first-order valence-corrected chi connectivity index (χ1v) is 6.01. The summed E-state index contributed by atoms with van der Waals surface area (Å²) in [4.78, 5) is 4.40. The Hall–Kier alpha value is -0.990. The molecule has 1 saturated carbocycles. The average molecular weight is 207 g/mol. The van der Waals surface area contributed by atoms with Gasteiger partial charge in [-0.3, -0.25) is 0 Å². The van der Waals surface area contributed by atoms with Crippen LogP contribution in [0.5, 0.6) is 0 Å². The smallest absolute Gasteiger partial charge is 0.203 e. The molecule has 3 nitrogen and oxygen atoms in total. The van der Waals surface area contributed by atoms with Crippen LogP contribution >= 0.6 is 0 Å². The Labute approximate surface area is 91.9 Å². The number of aromatic nitrogens is 2. The Kier molecular flexibility index (Phi) is 2.98. The van der Waals surface area contributed by atoms with Gasteiger partial charge in [-0.25, -0.2) is 4.98 Å². The number of nitrogens with zero attached hydrogens (tertiary/aromatic N) is 2. The molecule has 1 N–H and O–H groups in total. The molecule has 0 bridgehead atoms. The summed E-state index contributed by atoms with van der Waals surface area (Å²) >= 11 is 0. The maximum absolute atomic E-state index is 4.40. The molecule has 1 aliphatic carbocycles. The molecule has 84 valence electrons. The first-order valence-electron chi connectivity index (χ1n) is 6.01. The molecule has 0 aliphatic heterocycles. The van der Waals surface area contributed by atoms with Crippen LogP contribution in [0.3, 0.4) is 0 Å². The number of rotatable bonds is 5. The zero-order valence-electron chi connectivity index (χ0n) is 9.90. The molecule has 1 atom stereocenters. The SMILES string of the molecule is CCC(C(C)C)n1ccnc1NC1CC1. The second kappa shape index (κ2) is 4.25. The Morgan fingerprint density at radius 3 is 2.80 bits per heavy atom. The number of hydrogen-bond donors (Lipinski definition) is 1. The van der Waals surface area contributed by atoms with Crippen LogP contribution in [-0.4, -0.2) is 15.6 Å². The van der Waals surface area contributed by atoms with Gasteiger partial charge in [-0.05, 0) is 25.2 Å². The van der Waals surface area contributed by atoms with Gasteiger partial charge in [-0.2, -0.15) is 0 Å². The molecular formula is C12H21N3. The van der Waals surface area contributed by atoms with Crippen LogP contribution in [-0.2, 0) is 0 Å². The van der Waals surface area contributed by atoms with Gasteiger partial charge in [-0.1, -0.05) is 20.8 Å². The summed E-state index contributed by atoms with van der Waals surface area (Å²) in [6, 6.07) is 1.24. The summed E-state index contributed by atoms with van der Waals surface area (Å²) in [7, 11) is 0. The van der Waals surface area contributed by atoms with Crippen molar-refractivity contribution in [3.05, 3.63) is 12.4 Å². The largest absolute Gasteiger partial charge is 0.353 e. The van der Waals surface area contributed by atoms with Crippen LogP contribution in [0.25, 0.3) is 0 Å². The van der Waals surface area contributed by atoms with E-state index < -0.39 is 0 Å². The Morgan fingerprint density at radius 2 is 2.27 bits per heavy atom. The fourth-order valence-corrected chi connectivity index (χ4v) is 2.09. The van der Waals surface area contributed by atoms with E-state index in [1.807, 2.05) is 6.20 Å². The van der Waals surface area contributed by atoms with Gasteiger partial charge in [0, 0.05) is 24.5 Å². The van der Waals surface area contributed by atoms with Crippen molar-refractivity contribution in [1.29, 1.82) is 0 Å². The Morgan fingerprint density at radius 1 is 1.53 bits per heavy atom. The van der Waals surface area contributed by atoms with Crippen LogP contribution in [0, 0.1) is 5.92 Å². The maximum atomic E-state index is 4.40. The predicted molar refractivity (Wildman–Crippen MR) is 63.0 cm³/mol. The zero-order valence-corrected chi connectivity index (χ0v) is 9.90. The summed E-state index contributed by atoms with van der Waals surface area (Å²) in [6.07, 6.45) is 7.75.